The van der Waals surface area contributed by atoms with Crippen molar-refractivity contribution in [3.05, 3.63) is 53.1 Å². The molecule has 24 heavy (non-hydrogen) atoms. The summed E-state index contributed by atoms with van der Waals surface area (Å²) in [5.41, 5.74) is -0.241. The molecule has 7 heteroatoms. The van der Waals surface area contributed by atoms with Gasteiger partial charge in [-0.1, -0.05) is 13.0 Å². The molecule has 0 atom stereocenters. The lowest BCUT2D eigenvalue weighted by atomic mass is 10.0. The van der Waals surface area contributed by atoms with Gasteiger partial charge in [-0.2, -0.15) is 13.2 Å². The molecule has 0 saturated carbocycles. The number of carbonyl (C=O) groups excluding carboxylic acids is 1. The monoisotopic (exact) mass is 339 g/mol. The molecule has 0 spiro atoms. The normalized spacial score (nSPS) is 11.5. The second-order valence-electron chi connectivity index (χ2n) is 5.53. The molecule has 0 aliphatic heterocycles. The second kappa shape index (κ2) is 7.51. The van der Waals surface area contributed by atoms with Gasteiger partial charge in [-0.15, -0.1) is 0 Å². The van der Waals surface area contributed by atoms with Gasteiger partial charge in [0.2, 0.25) is 0 Å². The molecule has 2 rings (SSSR count). The molecule has 1 heterocycles. The van der Waals surface area contributed by atoms with Gasteiger partial charge in [0.25, 0.3) is 5.91 Å². The summed E-state index contributed by atoms with van der Waals surface area (Å²) in [7, 11) is 0. The highest BCUT2D eigenvalue weighted by Crippen LogP contribution is 2.30. The molecule has 0 saturated heterocycles. The van der Waals surface area contributed by atoms with E-state index in [4.69, 9.17) is 0 Å². The topological polar surface area (TPSA) is 46.9 Å². The molecule has 130 valence electrons. The van der Waals surface area contributed by atoms with Crippen LogP contribution in [0.1, 0.15) is 40.7 Å². The maximum Gasteiger partial charge on any atom is 0.416 e. The Morgan fingerprint density at radius 2 is 2.08 bits per heavy atom. The number of nitrogens with one attached hydrogen (secondary N) is 1. The third-order valence-corrected chi connectivity index (χ3v) is 3.79. The Balaban J connectivity index is 1.93. The Morgan fingerprint density at radius 3 is 2.75 bits per heavy atom. The molecule has 0 fully saturated rings. The Labute approximate surface area is 138 Å². The minimum Gasteiger partial charge on any atom is -0.352 e. The predicted molar refractivity (Wildman–Crippen MR) is 84.7 cm³/mol. The van der Waals surface area contributed by atoms with Crippen LogP contribution in [0.3, 0.4) is 0 Å². The number of amides is 1. The molecular weight excluding hydrogens is 319 g/mol. The van der Waals surface area contributed by atoms with Crippen LogP contribution in [0.4, 0.5) is 13.2 Å². The summed E-state index contributed by atoms with van der Waals surface area (Å²) < 4.78 is 40.3. The average Bonchev–Trinajstić information content (AvgIpc) is 2.98. The first kappa shape index (κ1) is 18.0. The lowest BCUT2D eigenvalue weighted by Crippen LogP contribution is -2.26. The maximum absolute atomic E-state index is 12.8. The summed E-state index contributed by atoms with van der Waals surface area (Å²) in [5.74, 6) is 0.481. The number of imidazole rings is 1. The Hall–Kier alpha value is -2.31. The first-order valence-corrected chi connectivity index (χ1v) is 7.79. The quantitative estimate of drug-likeness (QED) is 0.818. The van der Waals surface area contributed by atoms with Crippen LogP contribution in [-0.2, 0) is 19.1 Å². The highest BCUT2D eigenvalue weighted by Gasteiger charge is 2.31. The van der Waals surface area contributed by atoms with Crippen LogP contribution < -0.4 is 5.32 Å². The summed E-state index contributed by atoms with van der Waals surface area (Å²) in [6, 6.07) is 3.20. The standard InChI is InChI=1S/C17H20F3N3O/c1-3-15-21-8-10-23(15)9-4-7-22-16(24)14-11-13(17(18,19)20)6-5-12(14)2/h5-6,8,10-11H,3-4,7,9H2,1-2H3,(H,22,24). The number of hydrogen-bond acceptors (Lipinski definition) is 2. The number of carbonyl (C=O) groups is 1. The Bertz CT molecular complexity index is 707. The molecule has 2 aromatic rings. The van der Waals surface area contributed by atoms with Crippen molar-refractivity contribution >= 4 is 5.91 Å². The fourth-order valence-electron chi connectivity index (χ4n) is 2.45. The van der Waals surface area contributed by atoms with Crippen molar-refractivity contribution in [2.75, 3.05) is 6.54 Å². The van der Waals surface area contributed by atoms with Gasteiger partial charge in [-0.05, 0) is 31.0 Å². The molecule has 0 unspecified atom stereocenters. The summed E-state index contributed by atoms with van der Waals surface area (Å²) in [6.45, 7) is 4.71. The number of rotatable bonds is 6. The fraction of sp³-hybridized carbons (Fsp3) is 0.412. The summed E-state index contributed by atoms with van der Waals surface area (Å²) >= 11 is 0. The number of halogens is 3. The first-order chi connectivity index (χ1) is 11.3. The van der Waals surface area contributed by atoms with Crippen molar-refractivity contribution < 1.29 is 18.0 Å². The van der Waals surface area contributed by atoms with E-state index in [1.165, 1.54) is 6.07 Å². The third kappa shape index (κ3) is 4.37. The number of benzene rings is 1. The van der Waals surface area contributed by atoms with Crippen molar-refractivity contribution in [3.8, 4) is 0 Å². The van der Waals surface area contributed by atoms with Gasteiger partial charge in [-0.3, -0.25) is 4.79 Å². The SMILES string of the molecule is CCc1nccn1CCCNC(=O)c1cc(C(F)(F)F)ccc1C. The predicted octanol–water partition coefficient (Wildman–Crippen LogP) is 3.59. The number of aryl methyl sites for hydroxylation is 3. The van der Waals surface area contributed by atoms with E-state index < -0.39 is 17.6 Å². The molecule has 1 N–H and O–H groups in total. The average molecular weight is 339 g/mol. The van der Waals surface area contributed by atoms with Crippen LogP contribution >= 0.6 is 0 Å². The minimum atomic E-state index is -4.46. The molecule has 0 bridgehead atoms. The highest BCUT2D eigenvalue weighted by molar-refractivity contribution is 5.95. The van der Waals surface area contributed by atoms with E-state index in [1.807, 2.05) is 17.7 Å². The van der Waals surface area contributed by atoms with Crippen LogP contribution in [0.25, 0.3) is 0 Å². The van der Waals surface area contributed by atoms with Gasteiger partial charge >= 0.3 is 6.18 Å². The van der Waals surface area contributed by atoms with E-state index in [0.29, 0.717) is 25.1 Å². The molecule has 0 aliphatic rings. The molecule has 0 aliphatic carbocycles. The molecule has 0 radical (unpaired) electrons. The highest BCUT2D eigenvalue weighted by atomic mass is 19.4. The van der Waals surface area contributed by atoms with Gasteiger partial charge in [0, 0.05) is 37.5 Å². The lowest BCUT2D eigenvalue weighted by molar-refractivity contribution is -0.137. The molecular formula is C17H20F3N3O. The largest absolute Gasteiger partial charge is 0.416 e. The van der Waals surface area contributed by atoms with E-state index in [1.54, 1.807) is 13.1 Å². The van der Waals surface area contributed by atoms with E-state index in [0.717, 1.165) is 24.4 Å². The van der Waals surface area contributed by atoms with Gasteiger partial charge in [-0.25, -0.2) is 4.98 Å². The van der Waals surface area contributed by atoms with Crippen molar-refractivity contribution in [2.24, 2.45) is 0 Å². The zero-order valence-corrected chi connectivity index (χ0v) is 13.7. The van der Waals surface area contributed by atoms with Crippen LogP contribution in [0.2, 0.25) is 0 Å². The molecule has 1 aromatic heterocycles. The molecule has 4 nitrogen and oxygen atoms in total. The zero-order chi connectivity index (χ0) is 17.7. The zero-order valence-electron chi connectivity index (χ0n) is 13.7. The van der Waals surface area contributed by atoms with E-state index >= 15 is 0 Å². The van der Waals surface area contributed by atoms with Gasteiger partial charge in [0.15, 0.2) is 0 Å². The van der Waals surface area contributed by atoms with Crippen molar-refractivity contribution in [3.63, 3.8) is 0 Å². The number of hydrogen-bond donors (Lipinski definition) is 1. The molecule has 1 amide bonds. The molecule has 1 aromatic carbocycles. The smallest absolute Gasteiger partial charge is 0.352 e. The van der Waals surface area contributed by atoms with Crippen molar-refractivity contribution in [1.82, 2.24) is 14.9 Å². The summed E-state index contributed by atoms with van der Waals surface area (Å²) in [4.78, 5) is 16.3. The summed E-state index contributed by atoms with van der Waals surface area (Å²) in [6.07, 6.45) is 0.637. The Kier molecular flexibility index (Phi) is 5.64. The third-order valence-electron chi connectivity index (χ3n) is 3.79. The van der Waals surface area contributed by atoms with Crippen LogP contribution in [0.5, 0.6) is 0 Å². The number of aromatic nitrogens is 2. The minimum absolute atomic E-state index is 0.0571. The van der Waals surface area contributed by atoms with E-state index in [-0.39, 0.29) is 5.56 Å². The number of nitrogens with zero attached hydrogens (tertiary/aromatic N) is 2. The Morgan fingerprint density at radius 1 is 1.33 bits per heavy atom. The number of alkyl halides is 3. The van der Waals surface area contributed by atoms with E-state index in [2.05, 4.69) is 10.3 Å². The van der Waals surface area contributed by atoms with Crippen LogP contribution in [0, 0.1) is 6.92 Å². The van der Waals surface area contributed by atoms with E-state index in [9.17, 15) is 18.0 Å². The van der Waals surface area contributed by atoms with Crippen molar-refractivity contribution in [2.45, 2.75) is 39.4 Å². The lowest BCUT2D eigenvalue weighted by Gasteiger charge is -2.12. The summed E-state index contributed by atoms with van der Waals surface area (Å²) in [5, 5.41) is 2.68. The maximum atomic E-state index is 12.8. The van der Waals surface area contributed by atoms with Gasteiger partial charge < -0.3 is 9.88 Å². The van der Waals surface area contributed by atoms with Crippen molar-refractivity contribution in [1.29, 1.82) is 0 Å². The van der Waals surface area contributed by atoms with Gasteiger partial charge in [0.05, 0.1) is 5.56 Å². The van der Waals surface area contributed by atoms with Crippen LogP contribution in [-0.4, -0.2) is 22.0 Å². The first-order valence-electron chi connectivity index (χ1n) is 7.79. The van der Waals surface area contributed by atoms with Crippen LogP contribution in [0.15, 0.2) is 30.6 Å². The fourth-order valence-corrected chi connectivity index (χ4v) is 2.45. The second-order valence-corrected chi connectivity index (χ2v) is 5.53. The van der Waals surface area contributed by atoms with Gasteiger partial charge in [0.1, 0.15) is 5.82 Å².